The third kappa shape index (κ3) is 3.56. The number of para-hydroxylation sites is 1. The number of guanidine groups is 1. The minimum atomic E-state index is 0. The van der Waals surface area contributed by atoms with Crippen molar-refractivity contribution in [2.24, 2.45) is 10.7 Å². The van der Waals surface area contributed by atoms with E-state index >= 15 is 0 Å². The number of anilines is 1. The van der Waals surface area contributed by atoms with Gasteiger partial charge in [0.25, 0.3) is 0 Å². The highest BCUT2D eigenvalue weighted by atomic mass is 127. The summed E-state index contributed by atoms with van der Waals surface area (Å²) in [7, 11) is 0. The molecule has 1 atom stereocenters. The average molecular weight is 386 g/mol. The van der Waals surface area contributed by atoms with Crippen molar-refractivity contribution < 1.29 is 0 Å². The van der Waals surface area contributed by atoms with Gasteiger partial charge in [-0.25, -0.2) is 0 Å². The van der Waals surface area contributed by atoms with Gasteiger partial charge in [0.05, 0.1) is 6.54 Å². The van der Waals surface area contributed by atoms with Crippen molar-refractivity contribution in [1.82, 2.24) is 5.32 Å². The van der Waals surface area contributed by atoms with Gasteiger partial charge in [0.15, 0.2) is 5.96 Å². The largest absolute Gasteiger partial charge is 0.370 e. The van der Waals surface area contributed by atoms with Crippen LogP contribution in [0.2, 0.25) is 0 Å². The van der Waals surface area contributed by atoms with Crippen molar-refractivity contribution in [1.29, 1.82) is 0 Å². The third-order valence-electron chi connectivity index (χ3n) is 3.91. The molecule has 3 rings (SSSR count). The quantitative estimate of drug-likeness (QED) is 0.474. The highest BCUT2D eigenvalue weighted by molar-refractivity contribution is 14.0. The number of nitrogens with one attached hydrogen (secondary N) is 1. The van der Waals surface area contributed by atoms with Gasteiger partial charge in [-0.05, 0) is 37.8 Å². The summed E-state index contributed by atoms with van der Waals surface area (Å²) in [5.74, 6) is 0.599. The van der Waals surface area contributed by atoms with Crippen LogP contribution in [-0.4, -0.2) is 31.1 Å². The lowest BCUT2D eigenvalue weighted by Crippen LogP contribution is -2.37. The lowest BCUT2D eigenvalue weighted by molar-refractivity contribution is 0.661. The molecule has 1 fully saturated rings. The van der Waals surface area contributed by atoms with E-state index in [4.69, 9.17) is 5.73 Å². The summed E-state index contributed by atoms with van der Waals surface area (Å²) in [6.45, 7) is 4.06. The minimum Gasteiger partial charge on any atom is -0.370 e. The number of nitrogens with zero attached hydrogens (tertiary/aromatic N) is 2. The molecule has 2 aliphatic rings. The predicted molar refractivity (Wildman–Crippen MR) is 95.0 cm³/mol. The first-order chi connectivity index (χ1) is 9.24. The summed E-state index contributed by atoms with van der Waals surface area (Å²) in [5, 5.41) is 3.23. The molecule has 0 amide bonds. The van der Waals surface area contributed by atoms with Gasteiger partial charge in [0.2, 0.25) is 0 Å². The number of aliphatic imine (C=N–C) groups is 1. The summed E-state index contributed by atoms with van der Waals surface area (Å²) < 4.78 is 0. The molecule has 1 saturated carbocycles. The fraction of sp³-hybridized carbons (Fsp3) is 0.533. The molecule has 1 aromatic carbocycles. The molecule has 5 heteroatoms. The maximum atomic E-state index is 5.88. The number of hydrogen-bond donors (Lipinski definition) is 2. The number of hydrogen-bond acceptors (Lipinski definition) is 2. The molecule has 1 aliphatic carbocycles. The smallest absolute Gasteiger partial charge is 0.188 e. The summed E-state index contributed by atoms with van der Waals surface area (Å²) in [6.07, 6.45) is 3.59. The molecule has 0 saturated heterocycles. The topological polar surface area (TPSA) is 53.6 Å². The van der Waals surface area contributed by atoms with Crippen LogP contribution < -0.4 is 16.0 Å². The van der Waals surface area contributed by atoms with Crippen LogP contribution in [0, 0.1) is 0 Å². The number of fused-ring (bicyclic) bond motifs is 1. The SMILES string of the molecule is CC(CN=C(N)NC1CC1)N1CCc2ccccc21.I. The maximum Gasteiger partial charge on any atom is 0.188 e. The third-order valence-corrected chi connectivity index (χ3v) is 3.91. The zero-order valence-corrected chi connectivity index (χ0v) is 14.2. The van der Waals surface area contributed by atoms with Gasteiger partial charge >= 0.3 is 0 Å². The molecule has 110 valence electrons. The number of nitrogens with two attached hydrogens (primary N) is 1. The molecular formula is C15H23IN4. The summed E-state index contributed by atoms with van der Waals surface area (Å²) in [5.41, 5.74) is 8.68. The molecule has 4 nitrogen and oxygen atoms in total. The first-order valence-corrected chi connectivity index (χ1v) is 7.15. The average Bonchev–Trinajstić information content (AvgIpc) is 3.12. The Morgan fingerprint density at radius 1 is 1.45 bits per heavy atom. The normalized spacial score (nSPS) is 19.2. The Morgan fingerprint density at radius 3 is 2.95 bits per heavy atom. The highest BCUT2D eigenvalue weighted by Crippen LogP contribution is 2.29. The molecule has 0 radical (unpaired) electrons. The summed E-state index contributed by atoms with van der Waals surface area (Å²) >= 11 is 0. The van der Waals surface area contributed by atoms with E-state index in [0.717, 1.165) is 19.5 Å². The van der Waals surface area contributed by atoms with Crippen LogP contribution in [0.1, 0.15) is 25.3 Å². The Hall–Kier alpha value is -0.980. The van der Waals surface area contributed by atoms with E-state index in [1.54, 1.807) is 0 Å². The van der Waals surface area contributed by atoms with E-state index in [1.165, 1.54) is 24.1 Å². The van der Waals surface area contributed by atoms with Crippen LogP contribution in [0.15, 0.2) is 29.3 Å². The van der Waals surface area contributed by atoms with Crippen molar-refractivity contribution in [3.05, 3.63) is 29.8 Å². The second kappa shape index (κ2) is 6.65. The van der Waals surface area contributed by atoms with Crippen LogP contribution in [0.25, 0.3) is 0 Å². The Bertz CT molecular complexity index is 485. The molecular weight excluding hydrogens is 363 g/mol. The van der Waals surface area contributed by atoms with Gasteiger partial charge in [-0.1, -0.05) is 18.2 Å². The van der Waals surface area contributed by atoms with Crippen molar-refractivity contribution in [2.45, 2.75) is 38.3 Å². The van der Waals surface area contributed by atoms with Crippen LogP contribution >= 0.6 is 24.0 Å². The van der Waals surface area contributed by atoms with Gasteiger partial charge < -0.3 is 16.0 Å². The van der Waals surface area contributed by atoms with Crippen LogP contribution in [-0.2, 0) is 6.42 Å². The molecule has 0 bridgehead atoms. The van der Waals surface area contributed by atoms with Gasteiger partial charge in [-0.2, -0.15) is 0 Å². The first kappa shape index (κ1) is 15.4. The lowest BCUT2D eigenvalue weighted by Gasteiger charge is -2.26. The van der Waals surface area contributed by atoms with Crippen LogP contribution in [0.5, 0.6) is 0 Å². The Morgan fingerprint density at radius 2 is 2.20 bits per heavy atom. The fourth-order valence-corrected chi connectivity index (χ4v) is 2.63. The Kier molecular flexibility index (Phi) is 5.12. The minimum absolute atomic E-state index is 0. The second-order valence-electron chi connectivity index (χ2n) is 5.57. The molecule has 1 unspecified atom stereocenters. The van der Waals surface area contributed by atoms with Crippen molar-refractivity contribution in [3.63, 3.8) is 0 Å². The fourth-order valence-electron chi connectivity index (χ4n) is 2.63. The lowest BCUT2D eigenvalue weighted by atomic mass is 10.2. The number of rotatable bonds is 4. The number of halogens is 1. The standard InChI is InChI=1S/C15H22N4.HI/c1-11(10-17-15(16)18-13-6-7-13)19-9-8-12-4-2-3-5-14(12)19;/h2-5,11,13H,6-10H2,1H3,(H3,16,17,18);1H. The van der Waals surface area contributed by atoms with Crippen LogP contribution in [0.4, 0.5) is 5.69 Å². The van der Waals surface area contributed by atoms with Gasteiger partial charge in [-0.15, -0.1) is 24.0 Å². The molecule has 0 spiro atoms. The zero-order chi connectivity index (χ0) is 13.2. The van der Waals surface area contributed by atoms with Gasteiger partial charge in [-0.3, -0.25) is 4.99 Å². The Labute approximate surface area is 137 Å². The van der Waals surface area contributed by atoms with E-state index in [9.17, 15) is 0 Å². The highest BCUT2D eigenvalue weighted by Gasteiger charge is 2.23. The van der Waals surface area contributed by atoms with Crippen molar-refractivity contribution in [2.75, 3.05) is 18.0 Å². The first-order valence-electron chi connectivity index (χ1n) is 7.15. The molecule has 1 aromatic rings. The molecule has 20 heavy (non-hydrogen) atoms. The van der Waals surface area contributed by atoms with E-state index in [1.807, 2.05) is 0 Å². The number of benzene rings is 1. The summed E-state index contributed by atoms with van der Waals surface area (Å²) in [4.78, 5) is 6.90. The maximum absolute atomic E-state index is 5.88. The van der Waals surface area contributed by atoms with Gasteiger partial charge in [0, 0.05) is 24.3 Å². The van der Waals surface area contributed by atoms with E-state index < -0.39 is 0 Å². The zero-order valence-electron chi connectivity index (χ0n) is 11.9. The molecule has 0 aromatic heterocycles. The van der Waals surface area contributed by atoms with E-state index in [2.05, 4.69) is 46.4 Å². The van der Waals surface area contributed by atoms with Gasteiger partial charge in [0.1, 0.15) is 0 Å². The monoisotopic (exact) mass is 386 g/mol. The van der Waals surface area contributed by atoms with Crippen molar-refractivity contribution >= 4 is 35.6 Å². The Balaban J connectivity index is 0.00000147. The van der Waals surface area contributed by atoms with Crippen molar-refractivity contribution in [3.8, 4) is 0 Å². The molecule has 1 heterocycles. The van der Waals surface area contributed by atoms with Crippen LogP contribution in [0.3, 0.4) is 0 Å². The van der Waals surface area contributed by atoms with E-state index in [-0.39, 0.29) is 24.0 Å². The molecule has 1 aliphatic heterocycles. The molecule has 3 N–H and O–H groups in total. The summed E-state index contributed by atoms with van der Waals surface area (Å²) in [6, 6.07) is 9.61. The van der Waals surface area contributed by atoms with E-state index in [0.29, 0.717) is 18.0 Å². The predicted octanol–water partition coefficient (Wildman–Crippen LogP) is 2.12. The second-order valence-corrected chi connectivity index (χ2v) is 5.57.